The molecule has 5 aromatic rings. The van der Waals surface area contributed by atoms with Crippen molar-refractivity contribution in [2.24, 2.45) is 0 Å². The van der Waals surface area contributed by atoms with Crippen molar-refractivity contribution in [2.75, 3.05) is 19.8 Å². The topological polar surface area (TPSA) is 138 Å². The van der Waals surface area contributed by atoms with Crippen LogP contribution < -0.4 is 0 Å². The minimum atomic E-state index is -2.92. The van der Waals surface area contributed by atoms with E-state index in [0.717, 1.165) is 27.1 Å². The lowest BCUT2D eigenvalue weighted by atomic mass is 9.95. The molecule has 15 nitrogen and oxygen atoms in total. The second-order valence-electron chi connectivity index (χ2n) is 36.4. The molecule has 0 bridgehead atoms. The minimum Gasteiger partial charge on any atom is -0.408 e. The summed E-state index contributed by atoms with van der Waals surface area (Å²) in [5.41, 5.74) is 3.26. The van der Waals surface area contributed by atoms with Crippen molar-refractivity contribution in [3.8, 4) is 0 Å². The molecule has 0 aliphatic carbocycles. The fraction of sp³-hybridized carbons (Fsp3) is 0.634. The maximum absolute atomic E-state index is 8.38. The maximum Gasteiger partial charge on any atom is 0.192 e. The number of hydrogen-bond donors (Lipinski definition) is 0. The molecule has 103 heavy (non-hydrogen) atoms. The molecule has 21 heteroatoms. The van der Waals surface area contributed by atoms with E-state index >= 15 is 0 Å². The molecule has 0 aromatic heterocycles. The van der Waals surface area contributed by atoms with E-state index in [1.807, 2.05) is 103 Å². The molecule has 0 spiro atoms. The third kappa shape index (κ3) is 21.3. The van der Waals surface area contributed by atoms with Crippen molar-refractivity contribution >= 4 is 53.3 Å². The zero-order chi connectivity index (χ0) is 75.4. The third-order valence-corrected chi connectivity index (χ3v) is 46.9. The number of hydrogen-bond acceptors (Lipinski definition) is 16. The molecule has 4 fully saturated rings. The quantitative estimate of drug-likeness (QED) is 0.0439. The van der Waals surface area contributed by atoms with Gasteiger partial charge in [0.15, 0.2) is 60.5 Å². The molecular formula is C82H128O15SSi5. The van der Waals surface area contributed by atoms with Crippen molar-refractivity contribution < 1.29 is 69.5 Å². The molecule has 0 amide bonds. The fourth-order valence-electron chi connectivity index (χ4n) is 11.8. The minimum absolute atomic E-state index is 0.117. The summed E-state index contributed by atoms with van der Waals surface area (Å²) >= 11 is 1.58. The van der Waals surface area contributed by atoms with E-state index in [1.165, 1.54) is 0 Å². The van der Waals surface area contributed by atoms with Crippen LogP contribution in [-0.2, 0) is 89.3 Å². The van der Waals surface area contributed by atoms with E-state index in [4.69, 9.17) is 69.5 Å². The van der Waals surface area contributed by atoms with E-state index < -0.39 is 139 Å². The predicted octanol–water partition coefficient (Wildman–Crippen LogP) is 19.8. The molecule has 5 aromatic carbocycles. The molecular weight excluding hydrogens is 1400 g/mol. The lowest BCUT2D eigenvalue weighted by Gasteiger charge is -2.57. The van der Waals surface area contributed by atoms with E-state index in [9.17, 15) is 0 Å². The van der Waals surface area contributed by atoms with Crippen molar-refractivity contribution in [1.82, 2.24) is 0 Å². The summed E-state index contributed by atoms with van der Waals surface area (Å²) in [6.45, 7) is 58.6. The van der Waals surface area contributed by atoms with Gasteiger partial charge in [0.1, 0.15) is 78.7 Å². The smallest absolute Gasteiger partial charge is 0.192 e. The Labute approximate surface area is 629 Å². The zero-order valence-electron chi connectivity index (χ0n) is 66.9. The first-order valence-electron chi connectivity index (χ1n) is 37.5. The van der Waals surface area contributed by atoms with Crippen molar-refractivity contribution in [1.29, 1.82) is 0 Å². The van der Waals surface area contributed by atoms with Gasteiger partial charge in [-0.25, -0.2) is 0 Å². The van der Waals surface area contributed by atoms with E-state index in [-0.39, 0.29) is 51.6 Å². The Morgan fingerprint density at radius 3 is 1.11 bits per heavy atom. The number of ether oxygens (including phenoxy) is 10. The number of fused-ring (bicyclic) bond motifs is 1. The largest absolute Gasteiger partial charge is 0.408 e. The molecule has 4 heterocycles. The molecule has 12 unspecified atom stereocenters. The average Bonchev–Trinajstić information content (AvgIpc) is 0.747. The number of benzene rings is 5. The summed E-state index contributed by atoms with van der Waals surface area (Å²) < 4.78 is 116. The SMILES string of the molecule is CC(C)(C)[Si](C)(C)OC1C(COCc2ccccc2)OC(OC2C(OCc3ccccc3)[C@H](Sc3ccccc3)OC3COC(c4ccccc4)O[C@H]32)C(OC2OC(COCc3ccccc3)C(O[Si](C)(C)C(C)(C)C)[C@@H](O[Si](C)(C)C(C)(C)C)C2O[Si](C)(C)C(C)(C)C)[C@@H]1O[Si](C)(C)C(C)(C)C. The fourth-order valence-corrected chi connectivity index (χ4v) is 19.5. The van der Waals surface area contributed by atoms with Crippen LogP contribution in [0.5, 0.6) is 0 Å². The van der Waals surface area contributed by atoms with Gasteiger partial charge in [0.2, 0.25) is 0 Å². The van der Waals surface area contributed by atoms with Gasteiger partial charge >= 0.3 is 0 Å². The average molecular weight is 1530 g/mol. The monoisotopic (exact) mass is 1520 g/mol. The molecule has 0 N–H and O–H groups in total. The lowest BCUT2D eigenvalue weighted by Crippen LogP contribution is -2.72. The summed E-state index contributed by atoms with van der Waals surface area (Å²) in [6.07, 6.45) is -13.0. The summed E-state index contributed by atoms with van der Waals surface area (Å²) in [4.78, 5) is 0.992. The van der Waals surface area contributed by atoms with Gasteiger partial charge in [-0.15, -0.1) is 0 Å². The van der Waals surface area contributed by atoms with Gasteiger partial charge in [-0.1, -0.05) is 255 Å². The second-order valence-corrected chi connectivity index (χ2v) is 61.4. The van der Waals surface area contributed by atoms with Crippen LogP contribution in [-0.4, -0.2) is 153 Å². The van der Waals surface area contributed by atoms with Gasteiger partial charge in [-0.3, -0.25) is 0 Å². The molecule has 9 rings (SSSR count). The van der Waals surface area contributed by atoms with Crippen LogP contribution in [0.4, 0.5) is 0 Å². The standard InChI is InChI=1S/C82H128O15SSi5/c1-78(2,3)99(16,17)93-66-62(54-83-51-57-41-31-26-32-42-57)87-75(91-68-65-64(56-86-74(90-65)60-47-37-29-38-48-60)89-77(98-61-49-39-30-40-50-61)73(68)85-53-59-45-35-28-36-46-59)71(69(66)95-101(20,21)80(7,8)9)92-76-72(97-103(24,25)82(13,14)15)70(96-102(22,23)81(10,11)12)67(94-100(18,19)79(4,5)6)63(88-76)55-84-52-58-43-33-27-34-44-58/h26-50,62-77H,51-56H2,1-25H3/t62?,63?,64?,65-,66?,67?,68?,69-,70-,71?,72?,73?,74?,75?,76?,77+/m1/s1. The highest BCUT2D eigenvalue weighted by Gasteiger charge is 2.63. The van der Waals surface area contributed by atoms with Gasteiger partial charge in [-0.2, -0.15) is 0 Å². The van der Waals surface area contributed by atoms with Crippen LogP contribution in [0, 0.1) is 0 Å². The number of thioether (sulfide) groups is 1. The Balaban J connectivity index is 1.31. The Bertz CT molecular complexity index is 3380. The highest BCUT2D eigenvalue weighted by Crippen LogP contribution is 2.51. The molecule has 4 saturated heterocycles. The van der Waals surface area contributed by atoms with Gasteiger partial charge < -0.3 is 69.5 Å². The molecule has 0 radical (unpaired) electrons. The van der Waals surface area contributed by atoms with Gasteiger partial charge in [0.05, 0.1) is 39.6 Å². The van der Waals surface area contributed by atoms with Crippen LogP contribution in [0.1, 0.15) is 132 Å². The van der Waals surface area contributed by atoms with E-state index in [1.54, 1.807) is 11.8 Å². The maximum atomic E-state index is 8.38. The van der Waals surface area contributed by atoms with Crippen LogP contribution >= 0.6 is 11.8 Å². The van der Waals surface area contributed by atoms with E-state index in [2.05, 4.69) is 218 Å². The summed E-state index contributed by atoms with van der Waals surface area (Å²) in [7, 11) is -14.0. The highest BCUT2D eigenvalue weighted by molar-refractivity contribution is 7.99. The first-order chi connectivity index (χ1) is 48.0. The van der Waals surface area contributed by atoms with Crippen molar-refractivity contribution in [2.45, 2.75) is 317 Å². The van der Waals surface area contributed by atoms with Crippen LogP contribution in [0.2, 0.25) is 90.7 Å². The third-order valence-electron chi connectivity index (χ3n) is 23.4. The van der Waals surface area contributed by atoms with Crippen LogP contribution in [0.15, 0.2) is 157 Å². The van der Waals surface area contributed by atoms with E-state index in [0.29, 0.717) is 13.2 Å². The first kappa shape index (κ1) is 84.0. The molecule has 4 aliphatic heterocycles. The lowest BCUT2D eigenvalue weighted by molar-refractivity contribution is -0.390. The Kier molecular flexibility index (Phi) is 27.8. The Hall–Kier alpha value is -3.07. The van der Waals surface area contributed by atoms with Crippen molar-refractivity contribution in [3.63, 3.8) is 0 Å². The zero-order valence-corrected chi connectivity index (χ0v) is 72.8. The molecule has 16 atom stereocenters. The summed E-state index contributed by atoms with van der Waals surface area (Å²) in [6, 6.07) is 51.1. The van der Waals surface area contributed by atoms with Crippen LogP contribution in [0.25, 0.3) is 0 Å². The first-order valence-corrected chi connectivity index (χ1v) is 53.0. The molecule has 0 saturated carbocycles. The predicted molar refractivity (Wildman–Crippen MR) is 426 cm³/mol. The second kappa shape index (κ2) is 34.1. The van der Waals surface area contributed by atoms with Gasteiger partial charge in [0, 0.05) is 10.5 Å². The van der Waals surface area contributed by atoms with Crippen molar-refractivity contribution in [3.05, 3.63) is 174 Å². The van der Waals surface area contributed by atoms with Gasteiger partial charge in [0.25, 0.3) is 0 Å². The highest BCUT2D eigenvalue weighted by atomic mass is 32.2. The Morgan fingerprint density at radius 1 is 0.359 bits per heavy atom. The Morgan fingerprint density at radius 2 is 0.699 bits per heavy atom. The molecule has 572 valence electrons. The molecule has 4 aliphatic rings. The van der Waals surface area contributed by atoms with Gasteiger partial charge in [-0.05, 0) is 119 Å². The van der Waals surface area contributed by atoms with Crippen LogP contribution in [0.3, 0.4) is 0 Å². The number of rotatable bonds is 28. The summed E-state index contributed by atoms with van der Waals surface area (Å²) in [5.74, 6) is 0. The summed E-state index contributed by atoms with van der Waals surface area (Å²) in [5, 5.41) is -1.29. The normalized spacial score (nSPS) is 28.2.